The molecule has 0 aromatic heterocycles. The molecule has 3 rings (SSSR count). The van der Waals surface area contributed by atoms with E-state index in [1.165, 1.54) is 18.3 Å². The summed E-state index contributed by atoms with van der Waals surface area (Å²) >= 11 is 5.84. The largest absolute Gasteiger partial charge is 0.506 e. The molecule has 0 saturated heterocycles. The van der Waals surface area contributed by atoms with Crippen molar-refractivity contribution in [3.8, 4) is 17.2 Å². The van der Waals surface area contributed by atoms with Crippen molar-refractivity contribution in [1.82, 2.24) is 0 Å². The number of allylic oxidation sites excluding steroid dienone is 1. The zero-order valence-corrected chi connectivity index (χ0v) is 12.1. The number of anilines is 1. The van der Waals surface area contributed by atoms with Crippen LogP contribution in [0.1, 0.15) is 10.4 Å². The van der Waals surface area contributed by atoms with Crippen LogP contribution in [-0.4, -0.2) is 17.7 Å². The molecule has 0 fully saturated rings. The molecule has 22 heavy (non-hydrogen) atoms. The fraction of sp³-hybridized carbons (Fsp3) is 0.0625. The van der Waals surface area contributed by atoms with Crippen molar-refractivity contribution in [3.05, 3.63) is 59.3 Å². The summed E-state index contributed by atoms with van der Waals surface area (Å²) in [6.07, 6.45) is 2.80. The summed E-state index contributed by atoms with van der Waals surface area (Å²) < 4.78 is 10.4. The molecule has 0 spiro atoms. The van der Waals surface area contributed by atoms with Crippen molar-refractivity contribution in [2.24, 2.45) is 0 Å². The van der Waals surface area contributed by atoms with Gasteiger partial charge in [0.2, 0.25) is 6.79 Å². The van der Waals surface area contributed by atoms with Crippen LogP contribution in [0.25, 0.3) is 0 Å². The van der Waals surface area contributed by atoms with Gasteiger partial charge in [0.05, 0.1) is 5.69 Å². The summed E-state index contributed by atoms with van der Waals surface area (Å²) in [5.41, 5.74) is 0.903. The number of halogens is 1. The van der Waals surface area contributed by atoms with Crippen LogP contribution in [0.15, 0.2) is 48.7 Å². The van der Waals surface area contributed by atoms with Gasteiger partial charge in [-0.1, -0.05) is 11.6 Å². The number of nitrogens with one attached hydrogen (secondary N) is 1. The number of phenolic OH excluding ortho intramolecular Hbond substituents is 1. The lowest BCUT2D eigenvalue weighted by molar-refractivity contribution is 0.104. The van der Waals surface area contributed by atoms with Crippen LogP contribution in [0, 0.1) is 0 Å². The molecule has 6 heteroatoms. The van der Waals surface area contributed by atoms with Gasteiger partial charge in [-0.05, 0) is 36.4 Å². The number of benzene rings is 2. The van der Waals surface area contributed by atoms with Gasteiger partial charge in [-0.2, -0.15) is 0 Å². The Morgan fingerprint density at radius 1 is 1.18 bits per heavy atom. The van der Waals surface area contributed by atoms with Gasteiger partial charge in [0.25, 0.3) is 0 Å². The topological polar surface area (TPSA) is 67.8 Å². The van der Waals surface area contributed by atoms with Crippen LogP contribution in [0.4, 0.5) is 5.69 Å². The molecule has 0 saturated carbocycles. The Bertz CT molecular complexity index is 758. The van der Waals surface area contributed by atoms with Gasteiger partial charge in [0, 0.05) is 22.9 Å². The number of rotatable bonds is 4. The van der Waals surface area contributed by atoms with Gasteiger partial charge in [0.15, 0.2) is 17.3 Å². The van der Waals surface area contributed by atoms with E-state index >= 15 is 0 Å². The first-order valence-corrected chi connectivity index (χ1v) is 6.87. The monoisotopic (exact) mass is 317 g/mol. The van der Waals surface area contributed by atoms with Crippen LogP contribution >= 0.6 is 11.6 Å². The minimum atomic E-state index is -0.202. The van der Waals surface area contributed by atoms with Gasteiger partial charge in [-0.15, -0.1) is 0 Å². The Kier molecular flexibility index (Phi) is 3.89. The zero-order chi connectivity index (χ0) is 15.5. The molecule has 0 bridgehead atoms. The fourth-order valence-corrected chi connectivity index (χ4v) is 2.15. The van der Waals surface area contributed by atoms with Crippen LogP contribution in [-0.2, 0) is 0 Å². The van der Waals surface area contributed by atoms with E-state index in [0.29, 0.717) is 27.8 Å². The maximum absolute atomic E-state index is 12.1. The van der Waals surface area contributed by atoms with E-state index in [-0.39, 0.29) is 18.3 Å². The first kappa shape index (κ1) is 14.3. The Hall–Kier alpha value is -2.66. The number of hydrogen-bond acceptors (Lipinski definition) is 5. The highest BCUT2D eigenvalue weighted by Crippen LogP contribution is 2.32. The van der Waals surface area contributed by atoms with Gasteiger partial charge in [-0.3, -0.25) is 4.79 Å². The molecule has 0 amide bonds. The van der Waals surface area contributed by atoms with E-state index < -0.39 is 0 Å². The lowest BCUT2D eigenvalue weighted by Crippen LogP contribution is -1.96. The quantitative estimate of drug-likeness (QED) is 0.512. The summed E-state index contributed by atoms with van der Waals surface area (Å²) in [5, 5.41) is 12.9. The van der Waals surface area contributed by atoms with E-state index in [1.807, 2.05) is 0 Å². The normalized spacial score (nSPS) is 12.6. The first-order chi connectivity index (χ1) is 10.6. The van der Waals surface area contributed by atoms with Gasteiger partial charge in [-0.25, -0.2) is 0 Å². The van der Waals surface area contributed by atoms with Crippen LogP contribution in [0.3, 0.4) is 0 Å². The number of carbonyl (C=O) groups is 1. The second kappa shape index (κ2) is 5.99. The Labute approximate surface area is 131 Å². The SMILES string of the molecule is O=C(/C=C\Nc1cc(Cl)ccc1O)c1ccc2c(c1)OCO2. The number of ether oxygens (including phenoxy) is 2. The lowest BCUT2D eigenvalue weighted by atomic mass is 10.1. The molecule has 1 aliphatic rings. The number of ketones is 1. The molecule has 0 radical (unpaired) electrons. The van der Waals surface area contributed by atoms with E-state index in [2.05, 4.69) is 5.32 Å². The van der Waals surface area contributed by atoms with Crippen molar-refractivity contribution in [2.45, 2.75) is 0 Å². The van der Waals surface area contributed by atoms with Crippen molar-refractivity contribution in [1.29, 1.82) is 0 Å². The second-order valence-corrected chi connectivity index (χ2v) is 5.01. The van der Waals surface area contributed by atoms with Crippen molar-refractivity contribution in [3.63, 3.8) is 0 Å². The predicted molar refractivity (Wildman–Crippen MR) is 82.8 cm³/mol. The zero-order valence-electron chi connectivity index (χ0n) is 11.4. The van der Waals surface area contributed by atoms with Crippen LogP contribution < -0.4 is 14.8 Å². The molecule has 1 heterocycles. The van der Waals surface area contributed by atoms with Crippen LogP contribution in [0.2, 0.25) is 5.02 Å². The third-order valence-electron chi connectivity index (χ3n) is 3.09. The smallest absolute Gasteiger partial charge is 0.231 e. The average Bonchev–Trinajstić information content (AvgIpc) is 2.98. The molecular weight excluding hydrogens is 306 g/mol. The summed E-state index contributed by atoms with van der Waals surface area (Å²) in [6, 6.07) is 9.59. The molecule has 2 aromatic rings. The van der Waals surface area contributed by atoms with Crippen LogP contribution in [0.5, 0.6) is 17.2 Å². The number of hydrogen-bond donors (Lipinski definition) is 2. The molecule has 5 nitrogen and oxygen atoms in total. The molecule has 112 valence electrons. The fourth-order valence-electron chi connectivity index (χ4n) is 1.98. The van der Waals surface area contributed by atoms with E-state index in [0.717, 1.165) is 0 Å². The van der Waals surface area contributed by atoms with Crippen molar-refractivity contribution >= 4 is 23.1 Å². The van der Waals surface area contributed by atoms with Gasteiger partial charge in [0.1, 0.15) is 5.75 Å². The first-order valence-electron chi connectivity index (χ1n) is 6.49. The summed E-state index contributed by atoms with van der Waals surface area (Å²) in [6.45, 7) is 0.165. The third kappa shape index (κ3) is 2.99. The number of fused-ring (bicyclic) bond motifs is 1. The van der Waals surface area contributed by atoms with E-state index in [1.54, 1.807) is 30.3 Å². The highest BCUT2D eigenvalue weighted by molar-refractivity contribution is 6.30. The molecule has 0 unspecified atom stereocenters. The molecule has 1 aliphatic heterocycles. The van der Waals surface area contributed by atoms with Crippen molar-refractivity contribution < 1.29 is 19.4 Å². The maximum Gasteiger partial charge on any atom is 0.231 e. The summed E-state index contributed by atoms with van der Waals surface area (Å²) in [5.74, 6) is 1.03. The molecule has 0 atom stereocenters. The van der Waals surface area contributed by atoms with E-state index in [4.69, 9.17) is 21.1 Å². The minimum Gasteiger partial charge on any atom is -0.506 e. The standard InChI is InChI=1S/C16H12ClNO4/c17-11-2-3-14(20)12(8-11)18-6-5-13(19)10-1-4-15-16(7-10)22-9-21-15/h1-8,18,20H,9H2/b6-5-. The predicted octanol–water partition coefficient (Wildman–Crippen LogP) is 3.58. The molecule has 2 N–H and O–H groups in total. The summed E-state index contributed by atoms with van der Waals surface area (Å²) in [4.78, 5) is 12.1. The lowest BCUT2D eigenvalue weighted by Gasteiger charge is -2.04. The minimum absolute atomic E-state index is 0.0459. The molecule has 2 aromatic carbocycles. The number of carbonyl (C=O) groups excluding carboxylic acids is 1. The molecular formula is C16H12ClNO4. The van der Waals surface area contributed by atoms with Gasteiger partial charge >= 0.3 is 0 Å². The maximum atomic E-state index is 12.1. The van der Waals surface area contributed by atoms with E-state index in [9.17, 15) is 9.90 Å². The summed E-state index contributed by atoms with van der Waals surface area (Å²) in [7, 11) is 0. The Morgan fingerprint density at radius 2 is 2.00 bits per heavy atom. The highest BCUT2D eigenvalue weighted by atomic mass is 35.5. The Balaban J connectivity index is 1.70. The second-order valence-electron chi connectivity index (χ2n) is 4.57. The Morgan fingerprint density at radius 3 is 2.86 bits per heavy atom. The van der Waals surface area contributed by atoms with Crippen molar-refractivity contribution in [2.75, 3.05) is 12.1 Å². The third-order valence-corrected chi connectivity index (χ3v) is 3.32. The van der Waals surface area contributed by atoms with Gasteiger partial charge < -0.3 is 19.9 Å². The average molecular weight is 318 g/mol. The highest BCUT2D eigenvalue weighted by Gasteiger charge is 2.15. The number of phenols is 1. The molecule has 0 aliphatic carbocycles. The number of aromatic hydroxyl groups is 1.